The van der Waals surface area contributed by atoms with Gasteiger partial charge in [-0.05, 0) is 24.5 Å². The van der Waals surface area contributed by atoms with E-state index in [-0.39, 0.29) is 0 Å². The topological polar surface area (TPSA) is 43.1 Å². The van der Waals surface area contributed by atoms with Gasteiger partial charge in [0.05, 0.1) is 22.9 Å². The van der Waals surface area contributed by atoms with Gasteiger partial charge in [0.15, 0.2) is 0 Å². The highest BCUT2D eigenvalue weighted by molar-refractivity contribution is 7.98. The molecule has 0 amide bonds. The van der Waals surface area contributed by atoms with Crippen LogP contribution in [0.3, 0.4) is 0 Å². The van der Waals surface area contributed by atoms with E-state index in [2.05, 4.69) is 45.4 Å². The van der Waals surface area contributed by atoms with Gasteiger partial charge in [0.1, 0.15) is 0 Å². The Labute approximate surface area is 125 Å². The molecule has 3 aromatic heterocycles. The van der Waals surface area contributed by atoms with Crippen LogP contribution in [0.25, 0.3) is 27.7 Å². The Hall–Kier alpha value is -2.40. The van der Waals surface area contributed by atoms with Crippen molar-refractivity contribution < 1.29 is 0 Å². The molecule has 0 saturated heterocycles. The molecule has 1 aromatic carbocycles. The average Bonchev–Trinajstić information content (AvgIpc) is 2.97. The van der Waals surface area contributed by atoms with Crippen LogP contribution < -0.4 is 0 Å². The summed E-state index contributed by atoms with van der Waals surface area (Å²) in [6.07, 6.45) is 5.65. The lowest BCUT2D eigenvalue weighted by Gasteiger charge is -2.06. The van der Waals surface area contributed by atoms with Crippen molar-refractivity contribution in [3.05, 3.63) is 54.9 Å². The minimum absolute atomic E-state index is 0.758. The van der Waals surface area contributed by atoms with Crippen molar-refractivity contribution in [3.8, 4) is 11.3 Å². The van der Waals surface area contributed by atoms with Gasteiger partial charge in [0.25, 0.3) is 0 Å². The molecule has 0 fully saturated rings. The van der Waals surface area contributed by atoms with E-state index in [1.165, 1.54) is 11.8 Å². The summed E-state index contributed by atoms with van der Waals surface area (Å²) in [4.78, 5) is 8.83. The highest BCUT2D eigenvalue weighted by atomic mass is 32.2. The van der Waals surface area contributed by atoms with Gasteiger partial charge >= 0.3 is 0 Å². The SMILES string of the molecule is CSc1ncc2ccc(-c3cccc4cccnc34)n2n1. The number of thioether (sulfide) groups is 1. The summed E-state index contributed by atoms with van der Waals surface area (Å²) in [5.74, 6) is 0. The Morgan fingerprint density at radius 2 is 1.90 bits per heavy atom. The maximum absolute atomic E-state index is 4.58. The number of pyridine rings is 1. The predicted molar refractivity (Wildman–Crippen MR) is 85.5 cm³/mol. The van der Waals surface area contributed by atoms with E-state index in [9.17, 15) is 0 Å². The molecule has 21 heavy (non-hydrogen) atoms. The Kier molecular flexibility index (Phi) is 2.86. The van der Waals surface area contributed by atoms with E-state index < -0.39 is 0 Å². The summed E-state index contributed by atoms with van der Waals surface area (Å²) < 4.78 is 1.93. The third-order valence-corrected chi connectivity index (χ3v) is 4.02. The quantitative estimate of drug-likeness (QED) is 0.529. The third-order valence-electron chi connectivity index (χ3n) is 3.47. The molecule has 0 N–H and O–H groups in total. The number of aromatic nitrogens is 4. The number of para-hydroxylation sites is 1. The van der Waals surface area contributed by atoms with E-state index >= 15 is 0 Å². The first-order chi connectivity index (χ1) is 10.4. The smallest absolute Gasteiger partial charge is 0.207 e. The molecule has 0 spiro atoms. The standard InChI is InChI=1S/C16H12N4S/c1-21-16-18-10-12-7-8-14(20(12)19-16)13-6-2-4-11-5-3-9-17-15(11)13/h2-10H,1H3. The van der Waals surface area contributed by atoms with E-state index in [1.807, 2.05) is 35.3 Å². The Morgan fingerprint density at radius 1 is 1.00 bits per heavy atom. The molecule has 4 aromatic rings. The summed E-state index contributed by atoms with van der Waals surface area (Å²) >= 11 is 1.54. The monoisotopic (exact) mass is 292 g/mol. The van der Waals surface area contributed by atoms with Crippen LogP contribution in [-0.4, -0.2) is 25.8 Å². The lowest BCUT2D eigenvalue weighted by Crippen LogP contribution is -1.98. The van der Waals surface area contributed by atoms with Gasteiger partial charge in [-0.25, -0.2) is 9.50 Å². The second-order valence-electron chi connectivity index (χ2n) is 4.68. The second kappa shape index (κ2) is 4.86. The first-order valence-electron chi connectivity index (χ1n) is 6.60. The summed E-state index contributed by atoms with van der Waals surface area (Å²) in [7, 11) is 0. The van der Waals surface area contributed by atoms with Crippen molar-refractivity contribution in [1.29, 1.82) is 0 Å². The van der Waals surface area contributed by atoms with Crippen LogP contribution in [0.4, 0.5) is 0 Å². The van der Waals surface area contributed by atoms with Gasteiger partial charge in [0, 0.05) is 17.1 Å². The summed E-state index contributed by atoms with van der Waals surface area (Å²) in [6.45, 7) is 0. The molecule has 0 aliphatic carbocycles. The maximum Gasteiger partial charge on any atom is 0.207 e. The number of hydrogen-bond donors (Lipinski definition) is 0. The first kappa shape index (κ1) is 12.3. The normalized spacial score (nSPS) is 11.3. The zero-order valence-electron chi connectivity index (χ0n) is 11.4. The van der Waals surface area contributed by atoms with E-state index in [0.29, 0.717) is 0 Å². The Balaban J connectivity index is 2.04. The molecule has 0 aliphatic heterocycles. The van der Waals surface area contributed by atoms with Crippen LogP contribution in [0.5, 0.6) is 0 Å². The molecular weight excluding hydrogens is 280 g/mol. The number of rotatable bonds is 2. The van der Waals surface area contributed by atoms with Gasteiger partial charge in [0.2, 0.25) is 5.16 Å². The molecule has 3 heterocycles. The lowest BCUT2D eigenvalue weighted by atomic mass is 10.1. The fourth-order valence-corrected chi connectivity index (χ4v) is 2.82. The minimum Gasteiger partial charge on any atom is -0.256 e. The molecular formula is C16H12N4S. The molecule has 5 heteroatoms. The number of nitrogens with zero attached hydrogens (tertiary/aromatic N) is 4. The van der Waals surface area contributed by atoms with Crippen LogP contribution in [0, 0.1) is 0 Å². The van der Waals surface area contributed by atoms with Crippen LogP contribution in [0.15, 0.2) is 60.0 Å². The largest absolute Gasteiger partial charge is 0.256 e. The number of fused-ring (bicyclic) bond motifs is 2. The van der Waals surface area contributed by atoms with E-state index in [1.54, 1.807) is 0 Å². The maximum atomic E-state index is 4.58. The zero-order valence-corrected chi connectivity index (χ0v) is 12.2. The van der Waals surface area contributed by atoms with Crippen molar-refractivity contribution in [2.45, 2.75) is 5.16 Å². The van der Waals surface area contributed by atoms with Gasteiger partial charge in [-0.2, -0.15) is 0 Å². The van der Waals surface area contributed by atoms with Crippen molar-refractivity contribution in [2.75, 3.05) is 6.26 Å². The molecule has 4 nitrogen and oxygen atoms in total. The van der Waals surface area contributed by atoms with Gasteiger partial charge in [-0.1, -0.05) is 36.0 Å². The molecule has 0 unspecified atom stereocenters. The van der Waals surface area contributed by atoms with Gasteiger partial charge in [-0.15, -0.1) is 5.10 Å². The highest BCUT2D eigenvalue weighted by Crippen LogP contribution is 2.28. The predicted octanol–water partition coefficient (Wildman–Crippen LogP) is 3.67. The van der Waals surface area contributed by atoms with Crippen molar-refractivity contribution >= 4 is 28.2 Å². The Bertz CT molecular complexity index is 940. The van der Waals surface area contributed by atoms with Crippen molar-refractivity contribution in [3.63, 3.8) is 0 Å². The zero-order chi connectivity index (χ0) is 14.2. The number of hydrogen-bond acceptors (Lipinski definition) is 4. The number of benzene rings is 1. The Morgan fingerprint density at radius 3 is 2.81 bits per heavy atom. The molecule has 0 saturated carbocycles. The fourth-order valence-electron chi connectivity index (χ4n) is 2.49. The van der Waals surface area contributed by atoms with Crippen LogP contribution in [0.1, 0.15) is 0 Å². The van der Waals surface area contributed by atoms with E-state index in [4.69, 9.17) is 0 Å². The van der Waals surface area contributed by atoms with Gasteiger partial charge < -0.3 is 0 Å². The summed E-state index contributed by atoms with van der Waals surface area (Å²) in [6, 6.07) is 14.3. The fraction of sp³-hybridized carbons (Fsp3) is 0.0625. The van der Waals surface area contributed by atoms with Crippen LogP contribution in [0.2, 0.25) is 0 Å². The second-order valence-corrected chi connectivity index (χ2v) is 5.45. The molecule has 0 radical (unpaired) electrons. The molecule has 0 aliphatic rings. The first-order valence-corrected chi connectivity index (χ1v) is 7.82. The summed E-state index contributed by atoms with van der Waals surface area (Å²) in [5.41, 5.74) is 4.09. The van der Waals surface area contributed by atoms with Crippen LogP contribution in [-0.2, 0) is 0 Å². The lowest BCUT2D eigenvalue weighted by molar-refractivity contribution is 0.804. The van der Waals surface area contributed by atoms with Crippen molar-refractivity contribution in [1.82, 2.24) is 19.6 Å². The van der Waals surface area contributed by atoms with Crippen molar-refractivity contribution in [2.24, 2.45) is 0 Å². The minimum atomic E-state index is 0.758. The molecule has 4 rings (SSSR count). The molecule has 0 atom stereocenters. The molecule has 0 bridgehead atoms. The third kappa shape index (κ3) is 1.97. The molecule has 102 valence electrons. The van der Waals surface area contributed by atoms with Gasteiger partial charge in [-0.3, -0.25) is 4.98 Å². The average molecular weight is 292 g/mol. The summed E-state index contributed by atoms with van der Waals surface area (Å²) in [5, 5.41) is 6.46. The van der Waals surface area contributed by atoms with E-state index in [0.717, 1.165) is 32.8 Å². The highest BCUT2D eigenvalue weighted by Gasteiger charge is 2.10. The van der Waals surface area contributed by atoms with Crippen LogP contribution >= 0.6 is 11.8 Å².